The zero-order valence-electron chi connectivity index (χ0n) is 16.3. The van der Waals surface area contributed by atoms with Gasteiger partial charge < -0.3 is 9.88 Å². The van der Waals surface area contributed by atoms with Crippen molar-refractivity contribution in [2.24, 2.45) is 0 Å². The number of non-ortho nitro benzene ring substituents is 1. The normalized spacial score (nSPS) is 10.8. The highest BCUT2D eigenvalue weighted by molar-refractivity contribution is 5.94. The summed E-state index contributed by atoms with van der Waals surface area (Å²) in [5.74, 6) is 0.673. The van der Waals surface area contributed by atoms with E-state index in [2.05, 4.69) is 15.3 Å². The number of amides is 1. The van der Waals surface area contributed by atoms with Crippen molar-refractivity contribution in [3.63, 3.8) is 0 Å². The van der Waals surface area contributed by atoms with Crippen LogP contribution in [0.2, 0.25) is 0 Å². The molecule has 0 saturated heterocycles. The molecule has 0 saturated carbocycles. The number of hydrogen-bond acceptors (Lipinski definition) is 5. The Morgan fingerprint density at radius 3 is 2.63 bits per heavy atom. The number of aromatic nitrogens is 3. The highest BCUT2D eigenvalue weighted by atomic mass is 16.6. The Labute approximate surface area is 172 Å². The summed E-state index contributed by atoms with van der Waals surface area (Å²) < 4.78 is 2.02. The van der Waals surface area contributed by atoms with Crippen molar-refractivity contribution < 1.29 is 9.72 Å². The Kier molecular flexibility index (Phi) is 5.21. The minimum absolute atomic E-state index is 0.0591. The lowest BCUT2D eigenvalue weighted by Gasteiger charge is -2.09. The molecule has 150 valence electrons. The highest BCUT2D eigenvalue weighted by Crippen LogP contribution is 2.23. The fourth-order valence-corrected chi connectivity index (χ4v) is 3.30. The molecule has 2 aromatic heterocycles. The third kappa shape index (κ3) is 4.17. The van der Waals surface area contributed by atoms with Crippen LogP contribution in [0.1, 0.15) is 17.1 Å². The Balaban J connectivity index is 1.56. The predicted octanol–water partition coefficient (Wildman–Crippen LogP) is 3.88. The average molecular weight is 401 g/mol. The smallest absolute Gasteiger partial charge is 0.269 e. The van der Waals surface area contributed by atoms with Crippen molar-refractivity contribution >= 4 is 28.3 Å². The summed E-state index contributed by atoms with van der Waals surface area (Å²) in [6, 6.07) is 17.5. The second-order valence-corrected chi connectivity index (χ2v) is 6.92. The van der Waals surface area contributed by atoms with Crippen molar-refractivity contribution in [1.82, 2.24) is 14.5 Å². The minimum atomic E-state index is -0.415. The first-order chi connectivity index (χ1) is 14.5. The minimum Gasteiger partial charge on any atom is -0.326 e. The first-order valence-electron chi connectivity index (χ1n) is 9.39. The Bertz CT molecular complexity index is 1220. The molecule has 0 aliphatic rings. The molecule has 0 spiro atoms. The van der Waals surface area contributed by atoms with Crippen molar-refractivity contribution in [2.45, 2.75) is 19.9 Å². The number of rotatable bonds is 6. The predicted molar refractivity (Wildman–Crippen MR) is 113 cm³/mol. The number of imidazole rings is 1. The van der Waals surface area contributed by atoms with Crippen LogP contribution in [0.5, 0.6) is 0 Å². The molecule has 8 heteroatoms. The summed E-state index contributed by atoms with van der Waals surface area (Å²) in [5, 5.41) is 13.8. The molecule has 0 atom stereocenters. The molecule has 30 heavy (non-hydrogen) atoms. The first-order valence-corrected chi connectivity index (χ1v) is 9.39. The Hall–Kier alpha value is -4.07. The third-order valence-corrected chi connectivity index (χ3v) is 4.78. The van der Waals surface area contributed by atoms with Crippen molar-refractivity contribution in [3.05, 3.63) is 94.1 Å². The number of nitrogens with zero attached hydrogens (tertiary/aromatic N) is 4. The van der Waals surface area contributed by atoms with E-state index in [1.807, 2.05) is 47.9 Å². The largest absolute Gasteiger partial charge is 0.326 e. The first kappa shape index (κ1) is 19.3. The van der Waals surface area contributed by atoms with Gasteiger partial charge in [-0.1, -0.05) is 18.2 Å². The van der Waals surface area contributed by atoms with Gasteiger partial charge in [0.25, 0.3) is 5.69 Å². The van der Waals surface area contributed by atoms with E-state index >= 15 is 0 Å². The number of nitro benzene ring substituents is 1. The maximum atomic E-state index is 12.4. The number of nitro groups is 1. The zero-order valence-corrected chi connectivity index (χ0v) is 16.3. The van der Waals surface area contributed by atoms with Crippen LogP contribution in [0.15, 0.2) is 66.9 Å². The summed E-state index contributed by atoms with van der Waals surface area (Å²) in [7, 11) is 0. The number of nitrogens with one attached hydrogen (secondary N) is 1. The van der Waals surface area contributed by atoms with Gasteiger partial charge in [-0.15, -0.1) is 0 Å². The van der Waals surface area contributed by atoms with Crippen molar-refractivity contribution in [2.75, 3.05) is 5.32 Å². The number of anilines is 1. The number of aryl methyl sites for hydroxylation is 1. The summed E-state index contributed by atoms with van der Waals surface area (Å²) in [6.07, 6.45) is 1.86. The second kappa shape index (κ2) is 8.12. The van der Waals surface area contributed by atoms with Gasteiger partial charge in [-0.05, 0) is 42.8 Å². The van der Waals surface area contributed by atoms with Gasteiger partial charge in [-0.25, -0.2) is 4.98 Å². The molecular formula is C22H19N5O3. The molecule has 4 rings (SSSR count). The number of carbonyl (C=O) groups excluding carboxylic acids is 1. The number of fused-ring (bicyclic) bond motifs is 1. The monoisotopic (exact) mass is 401 g/mol. The van der Waals surface area contributed by atoms with Gasteiger partial charge in [0.1, 0.15) is 5.82 Å². The van der Waals surface area contributed by atoms with Crippen molar-refractivity contribution in [3.8, 4) is 0 Å². The molecule has 0 radical (unpaired) electrons. The maximum absolute atomic E-state index is 12.4. The van der Waals surface area contributed by atoms with Crippen LogP contribution in [0, 0.1) is 17.0 Å². The molecule has 1 N–H and O–H groups in total. The van der Waals surface area contributed by atoms with Gasteiger partial charge in [-0.3, -0.25) is 19.9 Å². The van der Waals surface area contributed by atoms with Gasteiger partial charge in [0, 0.05) is 36.3 Å². The fourth-order valence-electron chi connectivity index (χ4n) is 3.30. The van der Waals surface area contributed by atoms with Crippen LogP contribution >= 0.6 is 0 Å². The summed E-state index contributed by atoms with van der Waals surface area (Å²) >= 11 is 0. The third-order valence-electron chi connectivity index (χ3n) is 4.78. The summed E-state index contributed by atoms with van der Waals surface area (Å²) in [4.78, 5) is 31.5. The average Bonchev–Trinajstić information content (AvgIpc) is 3.04. The van der Waals surface area contributed by atoms with Crippen LogP contribution in [0.4, 0.5) is 11.4 Å². The van der Waals surface area contributed by atoms with E-state index in [0.717, 1.165) is 22.4 Å². The van der Waals surface area contributed by atoms with Gasteiger partial charge in [-0.2, -0.15) is 0 Å². The number of carbonyl (C=O) groups is 1. The summed E-state index contributed by atoms with van der Waals surface area (Å²) in [6.45, 7) is 2.43. The summed E-state index contributed by atoms with van der Waals surface area (Å²) in [5.41, 5.74) is 4.05. The quantitative estimate of drug-likeness (QED) is 0.390. The lowest BCUT2D eigenvalue weighted by atomic mass is 10.2. The molecule has 4 aromatic rings. The molecule has 0 fully saturated rings. The van der Waals surface area contributed by atoms with E-state index in [0.29, 0.717) is 17.9 Å². The molecule has 2 heterocycles. The Morgan fingerprint density at radius 1 is 1.13 bits per heavy atom. The van der Waals surface area contributed by atoms with Crippen LogP contribution in [-0.4, -0.2) is 25.4 Å². The SMILES string of the molecule is Cc1nc2ccc(NC(=O)Cc3ccccn3)cc2n1Cc1ccc([N+](=O)[O-])cc1. The molecule has 0 aliphatic heterocycles. The maximum Gasteiger partial charge on any atom is 0.269 e. The van der Waals surface area contributed by atoms with E-state index in [-0.39, 0.29) is 18.0 Å². The molecule has 0 aliphatic carbocycles. The van der Waals surface area contributed by atoms with Gasteiger partial charge in [0.05, 0.1) is 22.4 Å². The van der Waals surface area contributed by atoms with E-state index < -0.39 is 4.92 Å². The lowest BCUT2D eigenvalue weighted by Crippen LogP contribution is -2.15. The van der Waals surface area contributed by atoms with Crippen LogP contribution in [0.3, 0.4) is 0 Å². The standard InChI is InChI=1S/C22H19N5O3/c1-15-24-20-10-7-18(25-22(28)13-17-4-2-3-11-23-17)12-21(20)26(15)14-16-5-8-19(9-6-16)27(29)30/h2-12H,13-14H2,1H3,(H,25,28). The van der Waals surface area contributed by atoms with Crippen LogP contribution in [-0.2, 0) is 17.8 Å². The number of pyridine rings is 1. The fraction of sp³-hybridized carbons (Fsp3) is 0.136. The van der Waals surface area contributed by atoms with E-state index in [4.69, 9.17) is 0 Å². The molecule has 0 unspecified atom stereocenters. The van der Waals surface area contributed by atoms with Gasteiger partial charge >= 0.3 is 0 Å². The van der Waals surface area contributed by atoms with E-state index in [9.17, 15) is 14.9 Å². The van der Waals surface area contributed by atoms with Crippen molar-refractivity contribution in [1.29, 1.82) is 0 Å². The molecule has 2 aromatic carbocycles. The number of benzene rings is 2. The van der Waals surface area contributed by atoms with E-state index in [1.165, 1.54) is 12.1 Å². The molecule has 0 bridgehead atoms. The van der Waals surface area contributed by atoms with Crippen LogP contribution in [0.25, 0.3) is 11.0 Å². The van der Waals surface area contributed by atoms with Gasteiger partial charge in [0.15, 0.2) is 0 Å². The molecule has 1 amide bonds. The van der Waals surface area contributed by atoms with E-state index in [1.54, 1.807) is 18.3 Å². The molecular weight excluding hydrogens is 382 g/mol. The molecule has 8 nitrogen and oxygen atoms in total. The Morgan fingerprint density at radius 2 is 1.93 bits per heavy atom. The number of hydrogen-bond donors (Lipinski definition) is 1. The van der Waals surface area contributed by atoms with Crippen LogP contribution < -0.4 is 5.32 Å². The highest BCUT2D eigenvalue weighted by Gasteiger charge is 2.12. The second-order valence-electron chi connectivity index (χ2n) is 6.92. The topological polar surface area (TPSA) is 103 Å². The lowest BCUT2D eigenvalue weighted by molar-refractivity contribution is -0.384. The zero-order chi connectivity index (χ0) is 21.1. The van der Waals surface area contributed by atoms with Gasteiger partial charge in [0.2, 0.25) is 5.91 Å².